The van der Waals surface area contributed by atoms with Crippen LogP contribution in [0.5, 0.6) is 0 Å². The van der Waals surface area contributed by atoms with Gasteiger partial charge in [0.15, 0.2) is 0 Å². The van der Waals surface area contributed by atoms with Crippen LogP contribution in [0.4, 0.5) is 0 Å². The summed E-state index contributed by atoms with van der Waals surface area (Å²) in [6, 6.07) is 24.5. The van der Waals surface area contributed by atoms with Gasteiger partial charge < -0.3 is 9.47 Å². The minimum atomic E-state index is -0.397. The second-order valence-electron chi connectivity index (χ2n) is 6.46. The van der Waals surface area contributed by atoms with Crippen LogP contribution in [0.2, 0.25) is 0 Å². The highest BCUT2D eigenvalue weighted by Crippen LogP contribution is 2.29. The second kappa shape index (κ2) is 7.53. The zero-order chi connectivity index (χ0) is 19.5. The van der Waals surface area contributed by atoms with Gasteiger partial charge in [-0.3, -0.25) is 0 Å². The normalized spacial score (nSPS) is 10.8. The molecule has 0 spiro atoms. The quantitative estimate of drug-likeness (QED) is 0.369. The minimum Gasteiger partial charge on any atom is -0.465 e. The lowest BCUT2D eigenvalue weighted by Crippen LogP contribution is -2.07. The van der Waals surface area contributed by atoms with E-state index in [4.69, 9.17) is 4.74 Å². The molecule has 4 aromatic carbocycles. The number of hydrogen-bond acceptors (Lipinski definition) is 4. The number of ether oxygens (including phenoxy) is 2. The number of fused-ring (bicyclic) bond motifs is 2. The first kappa shape index (κ1) is 17.7. The van der Waals surface area contributed by atoms with Crippen molar-refractivity contribution >= 4 is 33.5 Å². The summed E-state index contributed by atoms with van der Waals surface area (Å²) < 4.78 is 10.3. The predicted molar refractivity (Wildman–Crippen MR) is 108 cm³/mol. The number of hydrogen-bond donors (Lipinski definition) is 0. The Balaban J connectivity index is 1.64. The molecule has 0 atom stereocenters. The molecule has 4 heteroatoms. The summed E-state index contributed by atoms with van der Waals surface area (Å²) >= 11 is 0. The summed E-state index contributed by atoms with van der Waals surface area (Å²) in [5, 5.41) is 3.73. The zero-order valence-electron chi connectivity index (χ0n) is 15.3. The van der Waals surface area contributed by atoms with E-state index in [0.717, 1.165) is 27.1 Å². The molecule has 138 valence electrons. The fourth-order valence-corrected chi connectivity index (χ4v) is 3.31. The molecule has 0 aliphatic carbocycles. The lowest BCUT2D eigenvalue weighted by atomic mass is 9.97. The topological polar surface area (TPSA) is 52.6 Å². The molecule has 0 saturated heterocycles. The van der Waals surface area contributed by atoms with Crippen molar-refractivity contribution in [2.45, 2.75) is 6.61 Å². The Kier molecular flexibility index (Phi) is 4.77. The van der Waals surface area contributed by atoms with E-state index in [9.17, 15) is 9.59 Å². The molecule has 28 heavy (non-hydrogen) atoms. The van der Waals surface area contributed by atoms with Crippen LogP contribution in [0.3, 0.4) is 0 Å². The highest BCUT2D eigenvalue weighted by atomic mass is 16.5. The highest BCUT2D eigenvalue weighted by molar-refractivity contribution is 6.16. The number of benzene rings is 4. The first-order valence-corrected chi connectivity index (χ1v) is 8.92. The summed E-state index contributed by atoms with van der Waals surface area (Å²) in [6.45, 7) is 0.123. The molecule has 4 rings (SSSR count). The second-order valence-corrected chi connectivity index (χ2v) is 6.46. The minimum absolute atomic E-state index is 0.123. The maximum Gasteiger partial charge on any atom is 0.339 e. The van der Waals surface area contributed by atoms with Gasteiger partial charge in [-0.2, -0.15) is 0 Å². The van der Waals surface area contributed by atoms with E-state index in [2.05, 4.69) is 10.8 Å². The summed E-state index contributed by atoms with van der Waals surface area (Å²) in [5.74, 6) is -0.768. The van der Waals surface area contributed by atoms with Crippen molar-refractivity contribution in [3.63, 3.8) is 0 Å². The molecule has 0 aliphatic heterocycles. The van der Waals surface area contributed by atoms with E-state index in [1.807, 2.05) is 48.5 Å². The monoisotopic (exact) mass is 370 g/mol. The average Bonchev–Trinajstić information content (AvgIpc) is 2.75. The van der Waals surface area contributed by atoms with Crippen LogP contribution >= 0.6 is 0 Å². The Hall–Kier alpha value is -3.66. The Labute approximate surface area is 162 Å². The summed E-state index contributed by atoms with van der Waals surface area (Å²) in [4.78, 5) is 24.5. The van der Waals surface area contributed by atoms with Crippen LogP contribution in [-0.4, -0.2) is 19.0 Å². The fraction of sp³-hybridized carbons (Fsp3) is 0.0833. The maximum atomic E-state index is 13.0. The molecule has 0 heterocycles. The molecule has 0 saturated carbocycles. The van der Waals surface area contributed by atoms with Gasteiger partial charge in [-0.25, -0.2) is 9.59 Å². The Morgan fingerprint density at radius 2 is 1.32 bits per heavy atom. The van der Waals surface area contributed by atoms with Gasteiger partial charge in [0.25, 0.3) is 0 Å². The van der Waals surface area contributed by atoms with Crippen molar-refractivity contribution < 1.29 is 19.1 Å². The smallest absolute Gasteiger partial charge is 0.339 e. The van der Waals surface area contributed by atoms with Crippen molar-refractivity contribution in [1.82, 2.24) is 0 Å². The third kappa shape index (κ3) is 3.32. The first-order chi connectivity index (χ1) is 13.7. The molecule has 4 aromatic rings. The Morgan fingerprint density at radius 1 is 0.750 bits per heavy atom. The van der Waals surface area contributed by atoms with Gasteiger partial charge in [0.1, 0.15) is 6.61 Å². The number of methoxy groups -OCH3 is 1. The molecule has 4 nitrogen and oxygen atoms in total. The van der Waals surface area contributed by atoms with Crippen LogP contribution < -0.4 is 0 Å². The van der Waals surface area contributed by atoms with Crippen molar-refractivity contribution in [2.24, 2.45) is 0 Å². The molecule has 0 amide bonds. The number of carbonyl (C=O) groups is 2. The fourth-order valence-electron chi connectivity index (χ4n) is 3.31. The van der Waals surface area contributed by atoms with E-state index in [1.54, 1.807) is 24.3 Å². The van der Waals surface area contributed by atoms with Gasteiger partial charge in [-0.15, -0.1) is 0 Å². The molecular formula is C24H18O4. The van der Waals surface area contributed by atoms with E-state index < -0.39 is 5.97 Å². The van der Waals surface area contributed by atoms with E-state index in [1.165, 1.54) is 7.11 Å². The Morgan fingerprint density at radius 3 is 1.89 bits per heavy atom. The van der Waals surface area contributed by atoms with Crippen molar-refractivity contribution in [1.29, 1.82) is 0 Å². The molecule has 0 aromatic heterocycles. The molecule has 0 N–H and O–H groups in total. The van der Waals surface area contributed by atoms with Gasteiger partial charge in [0.2, 0.25) is 0 Å². The SMILES string of the molecule is COC(=O)c1ccc(COC(=O)c2c3ccccc3cc3ccccc23)cc1. The first-order valence-electron chi connectivity index (χ1n) is 8.92. The molecule has 0 aliphatic rings. The molecule has 0 bridgehead atoms. The predicted octanol–water partition coefficient (Wildman–Crippen LogP) is 5.14. The Bertz CT molecular complexity index is 1120. The standard InChI is InChI=1S/C24H18O4/c1-27-23(25)17-12-10-16(11-13-17)15-28-24(26)22-20-8-4-2-6-18(20)14-19-7-3-5-9-21(19)22/h2-14H,15H2,1H3. The number of carbonyl (C=O) groups excluding carboxylic acids is 2. The lowest BCUT2D eigenvalue weighted by molar-refractivity contribution is 0.0476. The van der Waals surface area contributed by atoms with Crippen LogP contribution in [0.25, 0.3) is 21.5 Å². The third-order valence-electron chi connectivity index (χ3n) is 4.72. The maximum absolute atomic E-state index is 13.0. The van der Waals surface area contributed by atoms with Crippen LogP contribution in [0, 0.1) is 0 Å². The summed E-state index contributed by atoms with van der Waals surface area (Å²) in [6.07, 6.45) is 0. The number of rotatable bonds is 4. The largest absolute Gasteiger partial charge is 0.465 e. The van der Waals surface area contributed by atoms with E-state index in [0.29, 0.717) is 11.1 Å². The van der Waals surface area contributed by atoms with E-state index in [-0.39, 0.29) is 12.6 Å². The molecule has 0 unspecified atom stereocenters. The van der Waals surface area contributed by atoms with Crippen LogP contribution in [-0.2, 0) is 16.1 Å². The van der Waals surface area contributed by atoms with Crippen LogP contribution in [0.15, 0.2) is 78.9 Å². The third-order valence-corrected chi connectivity index (χ3v) is 4.72. The summed E-state index contributed by atoms with van der Waals surface area (Å²) in [7, 11) is 1.34. The highest BCUT2D eigenvalue weighted by Gasteiger charge is 2.16. The number of esters is 2. The molecule has 0 radical (unpaired) electrons. The van der Waals surface area contributed by atoms with Gasteiger partial charge >= 0.3 is 11.9 Å². The van der Waals surface area contributed by atoms with Crippen LogP contribution in [0.1, 0.15) is 26.3 Å². The average molecular weight is 370 g/mol. The zero-order valence-corrected chi connectivity index (χ0v) is 15.3. The van der Waals surface area contributed by atoms with Gasteiger partial charge in [0.05, 0.1) is 18.2 Å². The van der Waals surface area contributed by atoms with E-state index >= 15 is 0 Å². The summed E-state index contributed by atoms with van der Waals surface area (Å²) in [5.41, 5.74) is 1.82. The van der Waals surface area contributed by atoms with Gasteiger partial charge in [-0.05, 0) is 45.3 Å². The molecule has 0 fully saturated rings. The molecular weight excluding hydrogens is 352 g/mol. The lowest BCUT2D eigenvalue weighted by Gasteiger charge is -2.11. The van der Waals surface area contributed by atoms with Gasteiger partial charge in [0, 0.05) is 0 Å². The van der Waals surface area contributed by atoms with Crippen molar-refractivity contribution in [2.75, 3.05) is 7.11 Å². The van der Waals surface area contributed by atoms with Gasteiger partial charge in [-0.1, -0.05) is 60.7 Å². The van der Waals surface area contributed by atoms with Crippen molar-refractivity contribution in [3.8, 4) is 0 Å². The van der Waals surface area contributed by atoms with Crippen molar-refractivity contribution in [3.05, 3.63) is 95.6 Å².